The van der Waals surface area contributed by atoms with Crippen LogP contribution in [0.25, 0.3) is 0 Å². The summed E-state index contributed by atoms with van der Waals surface area (Å²) in [6.07, 6.45) is 3.88. The molecule has 1 aliphatic rings. The molecule has 0 saturated carbocycles. The Bertz CT molecular complexity index is 391. The Morgan fingerprint density at radius 3 is 3.24 bits per heavy atom. The first-order valence-corrected chi connectivity index (χ1v) is 5.81. The topological polar surface area (TPSA) is 80.1 Å². The van der Waals surface area contributed by atoms with Crippen LogP contribution in [0.5, 0.6) is 0 Å². The third kappa shape index (κ3) is 3.13. The molecule has 6 nitrogen and oxygen atoms in total. The molecule has 0 aromatic carbocycles. The van der Waals surface area contributed by atoms with Gasteiger partial charge in [-0.1, -0.05) is 0 Å². The van der Waals surface area contributed by atoms with E-state index in [1.54, 1.807) is 12.3 Å². The molecule has 6 heteroatoms. The lowest BCUT2D eigenvalue weighted by molar-refractivity contribution is -0.384. The van der Waals surface area contributed by atoms with Gasteiger partial charge in [0.15, 0.2) is 0 Å². The van der Waals surface area contributed by atoms with Gasteiger partial charge in [-0.2, -0.15) is 0 Å². The second kappa shape index (κ2) is 5.58. The summed E-state index contributed by atoms with van der Waals surface area (Å²) in [5, 5.41) is 17.2. The number of rotatable bonds is 4. The predicted octanol–water partition coefficient (Wildman–Crippen LogP) is 1.40. The Balaban J connectivity index is 1.96. The first kappa shape index (κ1) is 11.8. The predicted molar refractivity (Wildman–Crippen MR) is 65.0 cm³/mol. The molecule has 0 bridgehead atoms. The lowest BCUT2D eigenvalue weighted by Gasteiger charge is -2.22. The van der Waals surface area contributed by atoms with Crippen molar-refractivity contribution in [3.8, 4) is 0 Å². The number of hydrogen-bond donors (Lipinski definition) is 2. The van der Waals surface area contributed by atoms with Gasteiger partial charge in [0.25, 0.3) is 0 Å². The first-order chi connectivity index (χ1) is 8.27. The van der Waals surface area contributed by atoms with Gasteiger partial charge < -0.3 is 10.6 Å². The minimum absolute atomic E-state index is 0.0382. The van der Waals surface area contributed by atoms with E-state index in [2.05, 4.69) is 15.6 Å². The number of nitrogens with one attached hydrogen (secondary N) is 2. The van der Waals surface area contributed by atoms with Crippen molar-refractivity contribution in [3.63, 3.8) is 0 Å². The summed E-state index contributed by atoms with van der Waals surface area (Å²) in [4.78, 5) is 14.4. The fourth-order valence-corrected chi connectivity index (χ4v) is 2.02. The number of pyridine rings is 1. The molecule has 2 N–H and O–H groups in total. The number of piperidine rings is 1. The minimum Gasteiger partial charge on any atom is -0.364 e. The van der Waals surface area contributed by atoms with Gasteiger partial charge in [0.05, 0.1) is 4.92 Å². The highest BCUT2D eigenvalue weighted by Gasteiger charge is 2.17. The van der Waals surface area contributed by atoms with Crippen molar-refractivity contribution in [2.75, 3.05) is 25.0 Å². The molecule has 1 aliphatic heterocycles. The average molecular weight is 236 g/mol. The highest BCUT2D eigenvalue weighted by molar-refractivity contribution is 5.55. The molecule has 2 rings (SSSR count). The summed E-state index contributed by atoms with van der Waals surface area (Å²) in [5.41, 5.74) is 0.0382. The lowest BCUT2D eigenvalue weighted by atomic mass is 10.00. The summed E-state index contributed by atoms with van der Waals surface area (Å²) in [6, 6.07) is 3.04. The van der Waals surface area contributed by atoms with Gasteiger partial charge in [0.2, 0.25) is 5.82 Å². The molecule has 0 aliphatic carbocycles. The highest BCUT2D eigenvalue weighted by atomic mass is 16.6. The zero-order valence-electron chi connectivity index (χ0n) is 9.56. The maximum absolute atomic E-state index is 10.8. The highest BCUT2D eigenvalue weighted by Crippen LogP contribution is 2.21. The molecule has 1 fully saturated rings. The Morgan fingerprint density at radius 2 is 2.53 bits per heavy atom. The van der Waals surface area contributed by atoms with Crippen LogP contribution in [-0.4, -0.2) is 29.5 Å². The van der Waals surface area contributed by atoms with Gasteiger partial charge >= 0.3 is 5.69 Å². The quantitative estimate of drug-likeness (QED) is 0.610. The van der Waals surface area contributed by atoms with Crippen LogP contribution in [-0.2, 0) is 0 Å². The Kier molecular flexibility index (Phi) is 3.87. The van der Waals surface area contributed by atoms with Crippen molar-refractivity contribution in [1.29, 1.82) is 0 Å². The van der Waals surface area contributed by atoms with E-state index in [1.807, 2.05) is 0 Å². The summed E-state index contributed by atoms with van der Waals surface area (Å²) >= 11 is 0. The van der Waals surface area contributed by atoms with E-state index < -0.39 is 4.92 Å². The molecule has 0 unspecified atom stereocenters. The first-order valence-electron chi connectivity index (χ1n) is 5.81. The number of nitrogens with zero attached hydrogens (tertiary/aromatic N) is 2. The van der Waals surface area contributed by atoms with Crippen LogP contribution < -0.4 is 10.6 Å². The van der Waals surface area contributed by atoms with Crippen LogP contribution in [0.1, 0.15) is 12.8 Å². The van der Waals surface area contributed by atoms with Gasteiger partial charge in [-0.05, 0) is 37.9 Å². The zero-order valence-corrected chi connectivity index (χ0v) is 9.56. The summed E-state index contributed by atoms with van der Waals surface area (Å²) in [6.45, 7) is 2.76. The molecule has 0 amide bonds. The fourth-order valence-electron chi connectivity index (χ4n) is 2.02. The maximum atomic E-state index is 10.8. The average Bonchev–Trinajstić information content (AvgIpc) is 2.38. The van der Waals surface area contributed by atoms with Crippen molar-refractivity contribution in [1.82, 2.24) is 10.3 Å². The minimum atomic E-state index is -0.408. The second-order valence-electron chi connectivity index (χ2n) is 4.22. The third-order valence-electron chi connectivity index (χ3n) is 2.94. The molecule has 1 aromatic heterocycles. The molecule has 1 atom stereocenters. The smallest absolute Gasteiger partial charge is 0.311 e. The number of anilines is 1. The number of nitro groups is 1. The monoisotopic (exact) mass is 236 g/mol. The molecule has 17 heavy (non-hydrogen) atoms. The Morgan fingerprint density at radius 1 is 1.65 bits per heavy atom. The molecule has 1 aromatic rings. The fraction of sp³-hybridized carbons (Fsp3) is 0.545. The van der Waals surface area contributed by atoms with Crippen molar-refractivity contribution < 1.29 is 4.92 Å². The van der Waals surface area contributed by atoms with Gasteiger partial charge in [-0.3, -0.25) is 10.1 Å². The van der Waals surface area contributed by atoms with E-state index in [1.165, 1.54) is 6.07 Å². The van der Waals surface area contributed by atoms with E-state index in [-0.39, 0.29) is 5.69 Å². The lowest BCUT2D eigenvalue weighted by Crippen LogP contribution is -2.33. The molecular formula is C11H16N4O2. The molecule has 0 spiro atoms. The molecular weight excluding hydrogens is 220 g/mol. The molecule has 2 heterocycles. The number of aromatic nitrogens is 1. The summed E-state index contributed by atoms with van der Waals surface area (Å²) < 4.78 is 0. The summed E-state index contributed by atoms with van der Waals surface area (Å²) in [7, 11) is 0. The van der Waals surface area contributed by atoms with Crippen LogP contribution in [0.3, 0.4) is 0 Å². The van der Waals surface area contributed by atoms with E-state index >= 15 is 0 Å². The van der Waals surface area contributed by atoms with Crippen LogP contribution in [0, 0.1) is 16.0 Å². The van der Waals surface area contributed by atoms with Gasteiger partial charge in [0.1, 0.15) is 0 Å². The normalized spacial score (nSPS) is 19.9. The van der Waals surface area contributed by atoms with Crippen molar-refractivity contribution in [2.24, 2.45) is 5.92 Å². The van der Waals surface area contributed by atoms with Crippen LogP contribution in [0.15, 0.2) is 18.3 Å². The van der Waals surface area contributed by atoms with E-state index in [4.69, 9.17) is 0 Å². The molecule has 1 saturated heterocycles. The second-order valence-corrected chi connectivity index (χ2v) is 4.22. The molecule has 0 radical (unpaired) electrons. The van der Waals surface area contributed by atoms with Crippen LogP contribution in [0.4, 0.5) is 11.5 Å². The van der Waals surface area contributed by atoms with E-state index in [9.17, 15) is 10.1 Å². The standard InChI is InChI=1S/C11H16N4O2/c16-15(17)10-4-2-6-13-11(10)14-8-9-3-1-5-12-7-9/h2,4,6,9,12H,1,3,5,7-8H2,(H,13,14)/t9-/m1/s1. The van der Waals surface area contributed by atoms with Gasteiger partial charge in [-0.25, -0.2) is 4.98 Å². The number of hydrogen-bond acceptors (Lipinski definition) is 5. The summed E-state index contributed by atoms with van der Waals surface area (Å²) in [5.74, 6) is 0.883. The molecule has 92 valence electrons. The van der Waals surface area contributed by atoms with Crippen molar-refractivity contribution in [2.45, 2.75) is 12.8 Å². The van der Waals surface area contributed by atoms with E-state index in [0.717, 1.165) is 32.5 Å². The van der Waals surface area contributed by atoms with Crippen molar-refractivity contribution >= 4 is 11.5 Å². The van der Waals surface area contributed by atoms with Crippen molar-refractivity contribution in [3.05, 3.63) is 28.4 Å². The Labute approximate surface area is 99.6 Å². The van der Waals surface area contributed by atoms with Gasteiger partial charge in [-0.15, -0.1) is 0 Å². The van der Waals surface area contributed by atoms with E-state index in [0.29, 0.717) is 11.7 Å². The Hall–Kier alpha value is -1.69. The SMILES string of the molecule is O=[N+]([O-])c1cccnc1NC[C@@H]1CCCNC1. The van der Waals surface area contributed by atoms with Crippen LogP contribution in [0.2, 0.25) is 0 Å². The zero-order chi connectivity index (χ0) is 12.1. The third-order valence-corrected chi connectivity index (χ3v) is 2.94. The van der Waals surface area contributed by atoms with Crippen LogP contribution >= 0.6 is 0 Å². The largest absolute Gasteiger partial charge is 0.364 e. The maximum Gasteiger partial charge on any atom is 0.311 e. The van der Waals surface area contributed by atoms with Gasteiger partial charge in [0, 0.05) is 18.8 Å².